The maximum absolute atomic E-state index is 11.2. The molecule has 0 bridgehead atoms. The summed E-state index contributed by atoms with van der Waals surface area (Å²) in [4.78, 5) is 0. The fraction of sp³-hybridized carbons (Fsp3) is 0.571. The second kappa shape index (κ2) is 6.85. The summed E-state index contributed by atoms with van der Waals surface area (Å²) in [5.41, 5.74) is 0.875. The van der Waals surface area contributed by atoms with Crippen molar-refractivity contribution in [3.63, 3.8) is 0 Å². The van der Waals surface area contributed by atoms with E-state index in [2.05, 4.69) is 5.32 Å². The highest BCUT2D eigenvalue weighted by atomic mass is 35.5. The van der Waals surface area contributed by atoms with E-state index in [0.29, 0.717) is 29.1 Å². The summed E-state index contributed by atoms with van der Waals surface area (Å²) in [6, 6.07) is 4.03. The van der Waals surface area contributed by atoms with E-state index in [1.807, 2.05) is 6.07 Å². The molecule has 2 rings (SSSR count). The van der Waals surface area contributed by atoms with Gasteiger partial charge in [-0.1, -0.05) is 11.6 Å². The number of sulfone groups is 1. The number of halogens is 1. The molecule has 21 heavy (non-hydrogen) atoms. The van der Waals surface area contributed by atoms with Crippen LogP contribution in [0.4, 0.5) is 0 Å². The number of hydrogen-bond acceptors (Lipinski definition) is 5. The Morgan fingerprint density at radius 3 is 2.67 bits per heavy atom. The van der Waals surface area contributed by atoms with E-state index >= 15 is 0 Å². The minimum atomic E-state index is -3.06. The van der Waals surface area contributed by atoms with E-state index in [4.69, 9.17) is 21.1 Å². The predicted octanol–water partition coefficient (Wildman–Crippen LogP) is 2.02. The molecule has 1 saturated carbocycles. The van der Waals surface area contributed by atoms with Crippen LogP contribution in [-0.2, 0) is 16.4 Å². The molecule has 1 aromatic rings. The molecule has 0 spiro atoms. The van der Waals surface area contributed by atoms with Gasteiger partial charge in [0.25, 0.3) is 0 Å². The van der Waals surface area contributed by atoms with Crippen molar-refractivity contribution in [1.82, 2.24) is 5.32 Å². The highest BCUT2D eigenvalue weighted by Crippen LogP contribution is 2.35. The first-order chi connectivity index (χ1) is 9.89. The van der Waals surface area contributed by atoms with Gasteiger partial charge in [-0.3, -0.25) is 0 Å². The van der Waals surface area contributed by atoms with Gasteiger partial charge in [-0.05, 0) is 18.9 Å². The van der Waals surface area contributed by atoms with Crippen LogP contribution in [0.25, 0.3) is 0 Å². The standard InChI is InChI=1S/C14H20ClNO4S/c1-19-13-8-11(15)7-10(9-16-12-3-4-12)14(13)20-5-6-21(2,17)18/h7-8,12,16H,3-6,9H2,1-2H3. The molecule has 118 valence electrons. The molecular weight excluding hydrogens is 314 g/mol. The Morgan fingerprint density at radius 1 is 1.38 bits per heavy atom. The maximum Gasteiger partial charge on any atom is 0.165 e. The Bertz CT molecular complexity index is 599. The van der Waals surface area contributed by atoms with Gasteiger partial charge in [0.2, 0.25) is 0 Å². The quantitative estimate of drug-likeness (QED) is 0.788. The zero-order valence-electron chi connectivity index (χ0n) is 12.2. The highest BCUT2D eigenvalue weighted by Gasteiger charge is 2.22. The summed E-state index contributed by atoms with van der Waals surface area (Å²) in [5.74, 6) is 1.04. The maximum atomic E-state index is 11.2. The zero-order chi connectivity index (χ0) is 15.5. The van der Waals surface area contributed by atoms with Gasteiger partial charge in [0, 0.05) is 35.5 Å². The highest BCUT2D eigenvalue weighted by molar-refractivity contribution is 7.90. The Balaban J connectivity index is 2.13. The molecular formula is C14H20ClNO4S. The van der Waals surface area contributed by atoms with Crippen LogP contribution in [0.1, 0.15) is 18.4 Å². The lowest BCUT2D eigenvalue weighted by Gasteiger charge is -2.16. The molecule has 1 aliphatic rings. The molecule has 0 unspecified atom stereocenters. The van der Waals surface area contributed by atoms with Crippen molar-refractivity contribution in [2.45, 2.75) is 25.4 Å². The van der Waals surface area contributed by atoms with Gasteiger partial charge >= 0.3 is 0 Å². The van der Waals surface area contributed by atoms with Crippen molar-refractivity contribution < 1.29 is 17.9 Å². The van der Waals surface area contributed by atoms with E-state index in [9.17, 15) is 8.42 Å². The van der Waals surface area contributed by atoms with E-state index in [1.54, 1.807) is 6.07 Å². The van der Waals surface area contributed by atoms with Gasteiger partial charge in [0.1, 0.15) is 6.61 Å². The number of benzene rings is 1. The lowest BCUT2D eigenvalue weighted by atomic mass is 10.2. The number of rotatable bonds is 8. The van der Waals surface area contributed by atoms with E-state index in [-0.39, 0.29) is 12.4 Å². The summed E-state index contributed by atoms with van der Waals surface area (Å²) >= 11 is 6.08. The van der Waals surface area contributed by atoms with Crippen LogP contribution in [0, 0.1) is 0 Å². The van der Waals surface area contributed by atoms with Gasteiger partial charge in [0.05, 0.1) is 12.9 Å². The normalized spacial score (nSPS) is 15.0. The van der Waals surface area contributed by atoms with Crippen LogP contribution < -0.4 is 14.8 Å². The molecule has 0 aliphatic heterocycles. The molecule has 1 N–H and O–H groups in total. The molecule has 1 aliphatic carbocycles. The Hall–Kier alpha value is -0.980. The monoisotopic (exact) mass is 333 g/mol. The van der Waals surface area contributed by atoms with Crippen LogP contribution >= 0.6 is 11.6 Å². The van der Waals surface area contributed by atoms with E-state index < -0.39 is 9.84 Å². The first-order valence-corrected chi connectivity index (χ1v) is 9.23. The smallest absolute Gasteiger partial charge is 0.165 e. The molecule has 0 aromatic heterocycles. The molecule has 7 heteroatoms. The summed E-state index contributed by atoms with van der Waals surface area (Å²) < 4.78 is 33.3. The van der Waals surface area contributed by atoms with Crippen molar-refractivity contribution in [2.75, 3.05) is 25.7 Å². The van der Waals surface area contributed by atoms with Gasteiger partial charge in [0.15, 0.2) is 21.3 Å². The fourth-order valence-corrected chi connectivity index (χ4v) is 2.52. The van der Waals surface area contributed by atoms with Crippen LogP contribution in [0.5, 0.6) is 11.5 Å². The summed E-state index contributed by atoms with van der Waals surface area (Å²) in [7, 11) is -1.52. The average molecular weight is 334 g/mol. The third-order valence-electron chi connectivity index (χ3n) is 3.18. The van der Waals surface area contributed by atoms with Crippen molar-refractivity contribution >= 4 is 21.4 Å². The van der Waals surface area contributed by atoms with Crippen molar-refractivity contribution in [2.24, 2.45) is 0 Å². The van der Waals surface area contributed by atoms with Crippen LogP contribution in [0.2, 0.25) is 5.02 Å². The molecule has 0 radical (unpaired) electrons. The summed E-state index contributed by atoms with van der Waals surface area (Å²) in [6.07, 6.45) is 3.55. The molecule has 5 nitrogen and oxygen atoms in total. The number of methoxy groups -OCH3 is 1. The van der Waals surface area contributed by atoms with Crippen LogP contribution in [0.15, 0.2) is 12.1 Å². The van der Waals surface area contributed by atoms with Gasteiger partial charge < -0.3 is 14.8 Å². The zero-order valence-corrected chi connectivity index (χ0v) is 13.8. The topological polar surface area (TPSA) is 64.6 Å². The lowest BCUT2D eigenvalue weighted by molar-refractivity contribution is 0.307. The first-order valence-electron chi connectivity index (χ1n) is 6.79. The van der Waals surface area contributed by atoms with Crippen LogP contribution in [-0.4, -0.2) is 40.2 Å². The van der Waals surface area contributed by atoms with Crippen molar-refractivity contribution in [3.05, 3.63) is 22.7 Å². The number of ether oxygens (including phenoxy) is 2. The first kappa shape index (κ1) is 16.4. The Labute approximate surface area is 130 Å². The summed E-state index contributed by atoms with van der Waals surface area (Å²) in [5, 5.41) is 3.95. The van der Waals surface area contributed by atoms with Crippen molar-refractivity contribution in [1.29, 1.82) is 0 Å². The van der Waals surface area contributed by atoms with Crippen LogP contribution in [0.3, 0.4) is 0 Å². The predicted molar refractivity (Wildman–Crippen MR) is 83.1 cm³/mol. The largest absolute Gasteiger partial charge is 0.493 e. The van der Waals surface area contributed by atoms with Crippen molar-refractivity contribution in [3.8, 4) is 11.5 Å². The van der Waals surface area contributed by atoms with Gasteiger partial charge in [-0.2, -0.15) is 0 Å². The van der Waals surface area contributed by atoms with Gasteiger partial charge in [-0.15, -0.1) is 0 Å². The third kappa shape index (κ3) is 5.37. The Morgan fingerprint density at radius 2 is 2.10 bits per heavy atom. The fourth-order valence-electron chi connectivity index (χ4n) is 1.91. The number of nitrogens with one attached hydrogen (secondary N) is 1. The lowest BCUT2D eigenvalue weighted by Crippen LogP contribution is -2.18. The SMILES string of the molecule is COc1cc(Cl)cc(CNC2CC2)c1OCCS(C)(=O)=O. The summed E-state index contributed by atoms with van der Waals surface area (Å²) in [6.45, 7) is 0.711. The molecule has 0 atom stereocenters. The molecule has 0 amide bonds. The minimum absolute atomic E-state index is 0.0335. The average Bonchev–Trinajstić information content (AvgIpc) is 3.20. The molecule has 0 saturated heterocycles. The minimum Gasteiger partial charge on any atom is -0.493 e. The Kier molecular flexibility index (Phi) is 5.35. The van der Waals surface area contributed by atoms with E-state index in [0.717, 1.165) is 5.56 Å². The number of hydrogen-bond donors (Lipinski definition) is 1. The second-order valence-corrected chi connectivity index (χ2v) is 7.93. The van der Waals surface area contributed by atoms with Gasteiger partial charge in [-0.25, -0.2) is 8.42 Å². The third-order valence-corrected chi connectivity index (χ3v) is 4.30. The second-order valence-electron chi connectivity index (χ2n) is 5.23. The molecule has 1 aromatic carbocycles. The molecule has 1 fully saturated rings. The van der Waals surface area contributed by atoms with E-state index in [1.165, 1.54) is 26.2 Å². The molecule has 0 heterocycles.